The highest BCUT2D eigenvalue weighted by molar-refractivity contribution is 14.1. The van der Waals surface area contributed by atoms with Crippen molar-refractivity contribution in [3.05, 3.63) is 59.7 Å². The maximum Gasteiger partial charge on any atom is 0.253 e. The SMILES string of the molecule is O=C(c1ccc(OCCI)cc1)N1CCC(N2C(=O)CCc3ccccc32)CC1. The maximum atomic E-state index is 12.9. The molecule has 0 saturated carbocycles. The Morgan fingerprint density at radius 3 is 2.48 bits per heavy atom. The summed E-state index contributed by atoms with van der Waals surface area (Å²) in [6, 6.07) is 15.7. The fourth-order valence-corrected chi connectivity index (χ4v) is 4.43. The van der Waals surface area contributed by atoms with Crippen LogP contribution in [0.2, 0.25) is 0 Å². The minimum Gasteiger partial charge on any atom is -0.493 e. The van der Waals surface area contributed by atoms with E-state index in [4.69, 9.17) is 4.74 Å². The predicted octanol–water partition coefficient (Wildman–Crippen LogP) is 4.08. The molecule has 0 N–H and O–H groups in total. The fraction of sp³-hybridized carbons (Fsp3) is 0.391. The average Bonchev–Trinajstić information content (AvgIpc) is 2.78. The lowest BCUT2D eigenvalue weighted by atomic mass is 9.95. The lowest BCUT2D eigenvalue weighted by molar-refractivity contribution is -0.119. The van der Waals surface area contributed by atoms with E-state index < -0.39 is 0 Å². The van der Waals surface area contributed by atoms with Crippen LogP contribution in [-0.2, 0) is 11.2 Å². The number of para-hydroxylation sites is 1. The monoisotopic (exact) mass is 504 g/mol. The molecule has 2 aromatic carbocycles. The van der Waals surface area contributed by atoms with Crippen molar-refractivity contribution >= 4 is 40.1 Å². The molecule has 2 aliphatic heterocycles. The largest absolute Gasteiger partial charge is 0.493 e. The number of anilines is 1. The van der Waals surface area contributed by atoms with E-state index in [0.717, 1.165) is 35.1 Å². The van der Waals surface area contributed by atoms with E-state index in [1.807, 2.05) is 52.3 Å². The highest BCUT2D eigenvalue weighted by Gasteiger charge is 2.33. The van der Waals surface area contributed by atoms with Gasteiger partial charge >= 0.3 is 0 Å². The van der Waals surface area contributed by atoms with Crippen molar-refractivity contribution in [1.29, 1.82) is 0 Å². The zero-order valence-electron chi connectivity index (χ0n) is 16.4. The van der Waals surface area contributed by atoms with Gasteiger partial charge in [0.05, 0.1) is 6.61 Å². The Kier molecular flexibility index (Phi) is 6.37. The second-order valence-electron chi connectivity index (χ2n) is 7.48. The summed E-state index contributed by atoms with van der Waals surface area (Å²) in [6.45, 7) is 2.00. The van der Waals surface area contributed by atoms with Gasteiger partial charge in [0, 0.05) is 41.2 Å². The van der Waals surface area contributed by atoms with Crippen LogP contribution in [0.15, 0.2) is 48.5 Å². The van der Waals surface area contributed by atoms with Crippen LogP contribution >= 0.6 is 22.6 Å². The molecule has 152 valence electrons. The highest BCUT2D eigenvalue weighted by atomic mass is 127. The van der Waals surface area contributed by atoms with Crippen LogP contribution < -0.4 is 9.64 Å². The third kappa shape index (κ3) is 4.42. The lowest BCUT2D eigenvalue weighted by Crippen LogP contribution is -2.50. The lowest BCUT2D eigenvalue weighted by Gasteiger charge is -2.41. The summed E-state index contributed by atoms with van der Waals surface area (Å²) in [4.78, 5) is 29.4. The number of piperidine rings is 1. The molecule has 4 rings (SSSR count). The van der Waals surface area contributed by atoms with Crippen molar-refractivity contribution in [3.8, 4) is 5.75 Å². The molecule has 0 aliphatic carbocycles. The van der Waals surface area contributed by atoms with Crippen LogP contribution in [0.3, 0.4) is 0 Å². The van der Waals surface area contributed by atoms with Crippen molar-refractivity contribution < 1.29 is 14.3 Å². The number of fused-ring (bicyclic) bond motifs is 1. The molecule has 2 aromatic rings. The van der Waals surface area contributed by atoms with Crippen molar-refractivity contribution in [2.24, 2.45) is 0 Å². The molecule has 0 atom stereocenters. The number of alkyl halides is 1. The van der Waals surface area contributed by atoms with Crippen LogP contribution in [0.1, 0.15) is 35.2 Å². The van der Waals surface area contributed by atoms with Gasteiger partial charge in [-0.2, -0.15) is 0 Å². The summed E-state index contributed by atoms with van der Waals surface area (Å²) in [7, 11) is 0. The Labute approximate surface area is 185 Å². The van der Waals surface area contributed by atoms with Gasteiger partial charge in [0.1, 0.15) is 5.75 Å². The van der Waals surface area contributed by atoms with Gasteiger partial charge in [-0.3, -0.25) is 9.59 Å². The molecular weight excluding hydrogens is 479 g/mol. The Hall–Kier alpha value is -2.09. The number of benzene rings is 2. The number of nitrogens with zero attached hydrogens (tertiary/aromatic N) is 2. The van der Waals surface area contributed by atoms with Gasteiger partial charge in [0.2, 0.25) is 5.91 Å². The first kappa shape index (κ1) is 20.2. The van der Waals surface area contributed by atoms with Gasteiger partial charge in [-0.25, -0.2) is 0 Å². The number of carbonyl (C=O) groups is 2. The molecule has 0 bridgehead atoms. The fourth-order valence-electron chi connectivity index (χ4n) is 4.21. The minimum atomic E-state index is 0.0502. The molecule has 2 heterocycles. The molecule has 2 amide bonds. The molecule has 5 nitrogen and oxygen atoms in total. The maximum absolute atomic E-state index is 12.9. The standard InChI is InChI=1S/C23H25IN2O3/c24-13-16-29-20-8-5-18(6-9-20)23(28)25-14-11-19(12-15-25)26-21-4-2-1-3-17(21)7-10-22(26)27/h1-6,8-9,19H,7,10-16H2. The number of hydrogen-bond acceptors (Lipinski definition) is 3. The van der Waals surface area contributed by atoms with E-state index in [1.165, 1.54) is 5.56 Å². The summed E-state index contributed by atoms with van der Waals surface area (Å²) < 4.78 is 6.51. The van der Waals surface area contributed by atoms with Crippen molar-refractivity contribution in [2.45, 2.75) is 31.7 Å². The topological polar surface area (TPSA) is 49.9 Å². The van der Waals surface area contributed by atoms with E-state index in [0.29, 0.717) is 31.7 Å². The van der Waals surface area contributed by atoms with Gasteiger partial charge in [0.25, 0.3) is 5.91 Å². The van der Waals surface area contributed by atoms with Gasteiger partial charge in [-0.05, 0) is 55.2 Å². The van der Waals surface area contributed by atoms with E-state index in [1.54, 1.807) is 0 Å². The summed E-state index contributed by atoms with van der Waals surface area (Å²) >= 11 is 2.27. The Morgan fingerprint density at radius 1 is 1.03 bits per heavy atom. The van der Waals surface area contributed by atoms with Crippen LogP contribution in [-0.4, -0.2) is 46.9 Å². The number of likely N-dealkylation sites (tertiary alicyclic amines) is 1. The van der Waals surface area contributed by atoms with Gasteiger partial charge < -0.3 is 14.5 Å². The molecular formula is C23H25IN2O3. The molecule has 6 heteroatoms. The predicted molar refractivity (Wildman–Crippen MR) is 122 cm³/mol. The van der Waals surface area contributed by atoms with E-state index >= 15 is 0 Å². The zero-order valence-corrected chi connectivity index (χ0v) is 18.5. The van der Waals surface area contributed by atoms with Crippen LogP contribution in [0.5, 0.6) is 5.75 Å². The second kappa shape index (κ2) is 9.15. The smallest absolute Gasteiger partial charge is 0.253 e. The second-order valence-corrected chi connectivity index (χ2v) is 8.56. The first-order valence-electron chi connectivity index (χ1n) is 10.2. The Balaban J connectivity index is 1.39. The molecule has 0 unspecified atom stereocenters. The number of amides is 2. The molecule has 1 fully saturated rings. The van der Waals surface area contributed by atoms with Crippen molar-refractivity contribution in [1.82, 2.24) is 4.90 Å². The zero-order chi connectivity index (χ0) is 20.2. The molecule has 0 aromatic heterocycles. The quantitative estimate of drug-likeness (QED) is 0.456. The van der Waals surface area contributed by atoms with Crippen molar-refractivity contribution in [2.75, 3.05) is 29.0 Å². The Morgan fingerprint density at radius 2 is 1.76 bits per heavy atom. The number of rotatable bonds is 5. The van der Waals surface area contributed by atoms with E-state index in [9.17, 15) is 9.59 Å². The summed E-state index contributed by atoms with van der Waals surface area (Å²) in [5, 5.41) is 0. The number of carbonyl (C=O) groups excluding carboxylic acids is 2. The molecule has 0 spiro atoms. The number of hydrogen-bond donors (Lipinski definition) is 0. The van der Waals surface area contributed by atoms with Gasteiger partial charge in [-0.15, -0.1) is 0 Å². The van der Waals surface area contributed by atoms with Gasteiger partial charge in [-0.1, -0.05) is 40.8 Å². The molecule has 1 saturated heterocycles. The van der Waals surface area contributed by atoms with Crippen LogP contribution in [0.25, 0.3) is 0 Å². The average molecular weight is 504 g/mol. The molecule has 29 heavy (non-hydrogen) atoms. The highest BCUT2D eigenvalue weighted by Crippen LogP contribution is 2.32. The van der Waals surface area contributed by atoms with Crippen LogP contribution in [0, 0.1) is 0 Å². The first-order valence-corrected chi connectivity index (χ1v) is 11.7. The molecule has 0 radical (unpaired) electrons. The summed E-state index contributed by atoms with van der Waals surface area (Å²) in [5.41, 5.74) is 2.98. The molecule has 2 aliphatic rings. The Bertz CT molecular complexity index is 876. The van der Waals surface area contributed by atoms with Crippen molar-refractivity contribution in [3.63, 3.8) is 0 Å². The number of halogens is 1. The first-order chi connectivity index (χ1) is 14.2. The summed E-state index contributed by atoms with van der Waals surface area (Å²) in [5.74, 6) is 1.05. The number of ether oxygens (including phenoxy) is 1. The van der Waals surface area contributed by atoms with E-state index in [2.05, 4.69) is 28.7 Å². The van der Waals surface area contributed by atoms with Gasteiger partial charge in [0.15, 0.2) is 0 Å². The minimum absolute atomic E-state index is 0.0502. The normalized spacial score (nSPS) is 17.2. The number of aryl methyl sites for hydroxylation is 1. The van der Waals surface area contributed by atoms with Crippen LogP contribution in [0.4, 0.5) is 5.69 Å². The third-order valence-corrected chi connectivity index (χ3v) is 6.13. The summed E-state index contributed by atoms with van der Waals surface area (Å²) in [6.07, 6.45) is 3.01. The third-order valence-electron chi connectivity index (χ3n) is 5.69. The van der Waals surface area contributed by atoms with E-state index in [-0.39, 0.29) is 17.9 Å².